The summed E-state index contributed by atoms with van der Waals surface area (Å²) in [6, 6.07) is 0. The molecule has 0 aliphatic carbocycles. The minimum absolute atomic E-state index is 0.0772. The maximum Gasteiger partial charge on any atom is 0.469 e. The second-order valence-corrected chi connectivity index (χ2v) is 17.2. The van der Waals surface area contributed by atoms with Crippen LogP contribution in [0.15, 0.2) is 24.3 Å². The van der Waals surface area contributed by atoms with Gasteiger partial charge in [-0.25, -0.2) is 4.57 Å². The number of likely N-dealkylation sites (N-methyl/N-ethyl adjacent to an activating group) is 1. The number of phosphoric ester groups is 1. The highest BCUT2D eigenvalue weighted by atomic mass is 31.2. The fourth-order valence-corrected chi connectivity index (χ4v) is 6.03. The molecule has 54 heavy (non-hydrogen) atoms. The molecule has 0 spiro atoms. The van der Waals surface area contributed by atoms with Crippen molar-refractivity contribution < 1.29 is 42.4 Å². The van der Waals surface area contributed by atoms with E-state index in [0.29, 0.717) is 23.9 Å². The highest BCUT2D eigenvalue weighted by Crippen LogP contribution is 2.35. The average Bonchev–Trinajstić information content (AvgIpc) is 3.10. The van der Waals surface area contributed by atoms with Crippen LogP contribution >= 0.6 is 7.82 Å². The van der Waals surface area contributed by atoms with Gasteiger partial charge in [-0.15, -0.1) is 0 Å². The van der Waals surface area contributed by atoms with E-state index in [0.717, 1.165) is 25.7 Å². The minimum Gasteiger partial charge on any atom is -0.462 e. The van der Waals surface area contributed by atoms with Crippen LogP contribution in [0.5, 0.6) is 0 Å². The molecule has 1 atom stereocenters. The van der Waals surface area contributed by atoms with Gasteiger partial charge in [0.15, 0.2) is 0 Å². The molecule has 0 amide bonds. The SMILES string of the molecule is CCCCCCCCC=CCCCCCCCC(=O)OC[C@H](C)OC(=O)CCCCCCCC=CCCCCCCCC.C[N+](C)(C)CCOP(=O)(O)O. The van der Waals surface area contributed by atoms with Crippen LogP contribution in [0.4, 0.5) is 0 Å². The van der Waals surface area contributed by atoms with E-state index < -0.39 is 7.82 Å². The van der Waals surface area contributed by atoms with Gasteiger partial charge in [-0.3, -0.25) is 14.1 Å². The smallest absolute Gasteiger partial charge is 0.462 e. The Kier molecular flexibility index (Phi) is 40.1. The van der Waals surface area contributed by atoms with Gasteiger partial charge in [-0.1, -0.05) is 141 Å². The van der Waals surface area contributed by atoms with Crippen LogP contribution in [0.1, 0.15) is 201 Å². The van der Waals surface area contributed by atoms with Crippen molar-refractivity contribution in [3.8, 4) is 0 Å². The monoisotopic (exact) mass is 789 g/mol. The molecule has 0 radical (unpaired) electrons. The molecular weight excluding hydrogens is 701 g/mol. The first-order valence-electron chi connectivity index (χ1n) is 22.0. The van der Waals surface area contributed by atoms with Gasteiger partial charge in [0, 0.05) is 12.8 Å². The Labute approximate surface area is 333 Å². The van der Waals surface area contributed by atoms with Gasteiger partial charge in [-0.2, -0.15) is 0 Å². The number of ether oxygens (including phenoxy) is 2. The second kappa shape index (κ2) is 39.7. The first kappa shape index (κ1) is 54.6. The first-order valence-corrected chi connectivity index (χ1v) is 23.5. The number of hydrogen-bond donors (Lipinski definition) is 2. The van der Waals surface area contributed by atoms with Crippen LogP contribution in [0, 0.1) is 0 Å². The molecule has 0 fully saturated rings. The zero-order valence-electron chi connectivity index (χ0n) is 36.0. The molecule has 0 saturated carbocycles. The number of carbonyl (C=O) groups excluding carboxylic acids is 2. The Morgan fingerprint density at radius 1 is 0.574 bits per heavy atom. The van der Waals surface area contributed by atoms with Crippen molar-refractivity contribution in [3.63, 3.8) is 0 Å². The van der Waals surface area contributed by atoms with E-state index in [1.807, 2.05) is 21.1 Å². The third-order valence-electron chi connectivity index (χ3n) is 9.12. The molecule has 0 bridgehead atoms. The van der Waals surface area contributed by atoms with Gasteiger partial charge in [0.2, 0.25) is 0 Å². The number of quaternary nitrogens is 1. The zero-order chi connectivity index (χ0) is 40.6. The van der Waals surface area contributed by atoms with E-state index in [4.69, 9.17) is 19.3 Å². The summed E-state index contributed by atoms with van der Waals surface area (Å²) in [5, 5.41) is 0. The second-order valence-electron chi connectivity index (χ2n) is 16.0. The summed E-state index contributed by atoms with van der Waals surface area (Å²) in [6.45, 7) is 7.14. The van der Waals surface area contributed by atoms with E-state index in [1.54, 1.807) is 6.92 Å². The summed E-state index contributed by atoms with van der Waals surface area (Å²) in [5.74, 6) is -0.365. The lowest BCUT2D eigenvalue weighted by Gasteiger charge is -2.23. The third kappa shape index (κ3) is 50.5. The summed E-state index contributed by atoms with van der Waals surface area (Å²) < 4.78 is 25.8. The quantitative estimate of drug-likeness (QED) is 0.0210. The lowest BCUT2D eigenvalue weighted by Crippen LogP contribution is -2.37. The third-order valence-corrected chi connectivity index (χ3v) is 9.64. The van der Waals surface area contributed by atoms with Gasteiger partial charge < -0.3 is 23.7 Å². The molecule has 0 heterocycles. The molecule has 0 aromatic heterocycles. The highest BCUT2D eigenvalue weighted by molar-refractivity contribution is 7.46. The molecule has 0 aliphatic rings. The number of allylic oxidation sites excluding steroid dienone is 4. The Hall–Kier alpha value is -1.51. The summed E-state index contributed by atoms with van der Waals surface area (Å²) >= 11 is 0. The van der Waals surface area contributed by atoms with E-state index in [9.17, 15) is 14.2 Å². The van der Waals surface area contributed by atoms with Gasteiger partial charge >= 0.3 is 19.8 Å². The predicted octanol–water partition coefficient (Wildman–Crippen LogP) is 12.3. The Bertz CT molecular complexity index is 943. The number of nitrogens with zero attached hydrogens (tertiary/aromatic N) is 1. The molecule has 0 aromatic carbocycles. The maximum atomic E-state index is 12.1. The molecule has 0 rings (SSSR count). The van der Waals surface area contributed by atoms with E-state index >= 15 is 0 Å². The molecule has 0 aromatic rings. The van der Waals surface area contributed by atoms with Crippen molar-refractivity contribution in [2.45, 2.75) is 207 Å². The van der Waals surface area contributed by atoms with Crippen LogP contribution in [0.3, 0.4) is 0 Å². The van der Waals surface area contributed by atoms with Crippen LogP contribution in [-0.4, -0.2) is 73.2 Å². The summed E-state index contributed by atoms with van der Waals surface area (Å²) in [7, 11) is 1.50. The lowest BCUT2D eigenvalue weighted by molar-refractivity contribution is -0.870. The number of carbonyl (C=O) groups is 2. The number of unbranched alkanes of at least 4 members (excludes halogenated alkanes) is 22. The fraction of sp³-hybridized carbons (Fsp3) is 0.864. The van der Waals surface area contributed by atoms with Gasteiger partial charge in [0.25, 0.3) is 0 Å². The number of hydrogen-bond acceptors (Lipinski definition) is 6. The lowest BCUT2D eigenvalue weighted by atomic mass is 10.1. The summed E-state index contributed by atoms with van der Waals surface area (Å²) in [5.41, 5.74) is 0. The van der Waals surface area contributed by atoms with Crippen molar-refractivity contribution >= 4 is 19.8 Å². The van der Waals surface area contributed by atoms with Crippen molar-refractivity contribution in [1.29, 1.82) is 0 Å². The van der Waals surface area contributed by atoms with Crippen LogP contribution in [0.2, 0.25) is 0 Å². The van der Waals surface area contributed by atoms with E-state index in [1.165, 1.54) is 141 Å². The molecule has 0 aliphatic heterocycles. The maximum absolute atomic E-state index is 12.1. The topological polar surface area (TPSA) is 119 Å². The summed E-state index contributed by atoms with van der Waals surface area (Å²) in [4.78, 5) is 40.7. The van der Waals surface area contributed by atoms with Crippen molar-refractivity contribution in [3.05, 3.63) is 24.3 Å². The largest absolute Gasteiger partial charge is 0.469 e. The van der Waals surface area contributed by atoms with Crippen molar-refractivity contribution in [2.24, 2.45) is 0 Å². The molecule has 0 unspecified atom stereocenters. The standard InChI is InChI=1S/C39H72O4.C5H14NO4P/c1-4-6-8-10-12-14-16-18-20-22-24-26-28-30-32-34-38(40)42-36-37(3)43-39(41)35-33-31-29-27-25-23-21-19-17-15-13-11-9-7-5-2;1-6(2,3)4-5-10-11(7,8)9/h18-21,37H,4-17,22-36H2,1-3H3;4-5H2,1-3H3,(H-,7,8,9)/p+1/t37-;/m0./s1. The van der Waals surface area contributed by atoms with Crippen molar-refractivity contribution in [2.75, 3.05) is 40.9 Å². The Balaban J connectivity index is 0. The van der Waals surface area contributed by atoms with Gasteiger partial charge in [0.1, 0.15) is 25.9 Å². The van der Waals surface area contributed by atoms with Crippen LogP contribution < -0.4 is 0 Å². The fourth-order valence-electron chi connectivity index (χ4n) is 5.71. The first-order chi connectivity index (χ1) is 25.8. The molecule has 0 saturated heterocycles. The highest BCUT2D eigenvalue weighted by Gasteiger charge is 2.16. The average molecular weight is 789 g/mol. The van der Waals surface area contributed by atoms with E-state index in [2.05, 4.69) is 42.7 Å². The minimum atomic E-state index is -4.26. The summed E-state index contributed by atoms with van der Waals surface area (Å²) in [6.07, 6.45) is 42.2. The molecule has 10 heteroatoms. The number of phosphoric acid groups is 1. The van der Waals surface area contributed by atoms with Gasteiger partial charge in [0.05, 0.1) is 21.1 Å². The molecule has 2 N–H and O–H groups in total. The Morgan fingerprint density at radius 3 is 1.30 bits per heavy atom. The Morgan fingerprint density at radius 2 is 0.926 bits per heavy atom. The normalized spacial score (nSPS) is 12.6. The molecule has 9 nitrogen and oxygen atoms in total. The number of rotatable bonds is 37. The predicted molar refractivity (Wildman–Crippen MR) is 226 cm³/mol. The van der Waals surface area contributed by atoms with E-state index in [-0.39, 0.29) is 31.3 Å². The molecular formula is C44H87NO8P+. The van der Waals surface area contributed by atoms with Crippen LogP contribution in [-0.2, 0) is 28.2 Å². The zero-order valence-corrected chi connectivity index (χ0v) is 36.9. The van der Waals surface area contributed by atoms with Crippen molar-refractivity contribution in [1.82, 2.24) is 0 Å². The van der Waals surface area contributed by atoms with Crippen LogP contribution in [0.25, 0.3) is 0 Å². The molecule has 320 valence electrons. The number of esters is 2. The van der Waals surface area contributed by atoms with Gasteiger partial charge in [-0.05, 0) is 71.1 Å².